The molecule has 1 aromatic heterocycles. The first kappa shape index (κ1) is 14.3. The van der Waals surface area contributed by atoms with E-state index in [2.05, 4.69) is 24.4 Å². The van der Waals surface area contributed by atoms with Gasteiger partial charge in [-0.1, -0.05) is 37.3 Å². The second-order valence-corrected chi connectivity index (χ2v) is 4.75. The Hall–Kier alpha value is -2.07. The molecule has 0 radical (unpaired) electrons. The van der Waals surface area contributed by atoms with Gasteiger partial charge in [-0.2, -0.15) is 0 Å². The number of furan rings is 1. The zero-order valence-corrected chi connectivity index (χ0v) is 11.7. The monoisotopic (exact) mass is 273 g/mol. The topological polar surface area (TPSA) is 62.5 Å². The lowest BCUT2D eigenvalue weighted by Gasteiger charge is -2.17. The van der Waals surface area contributed by atoms with Crippen LogP contribution in [-0.4, -0.2) is 11.1 Å². The van der Waals surface area contributed by atoms with Crippen molar-refractivity contribution in [3.8, 4) is 0 Å². The van der Waals surface area contributed by atoms with Crippen LogP contribution >= 0.6 is 0 Å². The fourth-order valence-electron chi connectivity index (χ4n) is 2.22. The molecule has 2 N–H and O–H groups in total. The van der Waals surface area contributed by atoms with Gasteiger partial charge in [-0.05, 0) is 25.0 Å². The van der Waals surface area contributed by atoms with Crippen molar-refractivity contribution < 1.29 is 14.3 Å². The van der Waals surface area contributed by atoms with Crippen LogP contribution < -0.4 is 5.32 Å². The fraction of sp³-hybridized carbons (Fsp3) is 0.312. The Kier molecular flexibility index (Phi) is 4.58. The molecule has 4 heteroatoms. The van der Waals surface area contributed by atoms with Crippen LogP contribution in [-0.2, 0) is 6.54 Å². The first-order valence-corrected chi connectivity index (χ1v) is 6.72. The van der Waals surface area contributed by atoms with E-state index in [1.54, 1.807) is 13.0 Å². The minimum atomic E-state index is -1.03. The highest BCUT2D eigenvalue weighted by atomic mass is 16.4. The Morgan fingerprint density at radius 1 is 1.35 bits per heavy atom. The number of carboxylic acid groups (broad SMARTS) is 1. The molecule has 2 rings (SSSR count). The van der Waals surface area contributed by atoms with Crippen LogP contribution in [0.5, 0.6) is 0 Å². The second kappa shape index (κ2) is 6.39. The molecule has 0 spiro atoms. The third-order valence-corrected chi connectivity index (χ3v) is 3.38. The molecule has 1 atom stereocenters. The molecule has 0 aliphatic heterocycles. The normalized spacial score (nSPS) is 12.3. The number of hydrogen-bond donors (Lipinski definition) is 2. The maximum absolute atomic E-state index is 10.9. The van der Waals surface area contributed by atoms with Gasteiger partial charge < -0.3 is 14.8 Å². The van der Waals surface area contributed by atoms with E-state index >= 15 is 0 Å². The Balaban J connectivity index is 2.05. The van der Waals surface area contributed by atoms with Gasteiger partial charge in [-0.25, -0.2) is 4.79 Å². The lowest BCUT2D eigenvalue weighted by molar-refractivity contribution is 0.0661. The average molecular weight is 273 g/mol. The number of aryl methyl sites for hydroxylation is 1. The zero-order valence-electron chi connectivity index (χ0n) is 11.7. The lowest BCUT2D eigenvalue weighted by atomic mass is 10.0. The molecule has 4 nitrogen and oxygen atoms in total. The molecule has 1 heterocycles. The van der Waals surface area contributed by atoms with Gasteiger partial charge >= 0.3 is 5.97 Å². The van der Waals surface area contributed by atoms with Crippen molar-refractivity contribution in [2.24, 2.45) is 0 Å². The predicted octanol–water partition coefficient (Wildman–Crippen LogP) is 3.53. The van der Waals surface area contributed by atoms with Gasteiger partial charge in [0.1, 0.15) is 5.76 Å². The molecule has 0 aliphatic carbocycles. The lowest BCUT2D eigenvalue weighted by Crippen LogP contribution is -2.20. The molecule has 1 unspecified atom stereocenters. The minimum Gasteiger partial charge on any atom is -0.475 e. The van der Waals surface area contributed by atoms with Gasteiger partial charge in [0, 0.05) is 18.2 Å². The van der Waals surface area contributed by atoms with Gasteiger partial charge in [0.05, 0.1) is 0 Å². The van der Waals surface area contributed by atoms with Crippen molar-refractivity contribution in [3.63, 3.8) is 0 Å². The van der Waals surface area contributed by atoms with Gasteiger partial charge in [0.15, 0.2) is 0 Å². The largest absolute Gasteiger partial charge is 0.475 e. The highest BCUT2D eigenvalue weighted by Crippen LogP contribution is 2.19. The quantitative estimate of drug-likeness (QED) is 0.845. The van der Waals surface area contributed by atoms with Crippen LogP contribution in [0.25, 0.3) is 0 Å². The standard InChI is InChI=1S/C16H19NO3/c1-3-14(12-7-5-4-6-8-12)17-10-13-9-15(16(18)19)20-11(13)2/h4-9,14,17H,3,10H2,1-2H3,(H,18,19). The summed E-state index contributed by atoms with van der Waals surface area (Å²) in [4.78, 5) is 10.9. The Morgan fingerprint density at radius 3 is 2.60 bits per heavy atom. The molecule has 0 fully saturated rings. The number of carbonyl (C=O) groups is 1. The summed E-state index contributed by atoms with van der Waals surface area (Å²) >= 11 is 0. The molecule has 106 valence electrons. The number of nitrogens with one attached hydrogen (secondary N) is 1. The smallest absolute Gasteiger partial charge is 0.371 e. The van der Waals surface area contributed by atoms with E-state index in [1.807, 2.05) is 18.2 Å². The summed E-state index contributed by atoms with van der Waals surface area (Å²) in [6.07, 6.45) is 0.965. The van der Waals surface area contributed by atoms with Crippen molar-refractivity contribution in [1.29, 1.82) is 0 Å². The van der Waals surface area contributed by atoms with E-state index < -0.39 is 5.97 Å². The molecule has 1 aromatic carbocycles. The summed E-state index contributed by atoms with van der Waals surface area (Å²) in [5.74, 6) is -0.390. The summed E-state index contributed by atoms with van der Waals surface area (Å²) in [6, 6.07) is 12.0. The molecule has 0 saturated carbocycles. The van der Waals surface area contributed by atoms with Crippen LogP contribution in [0, 0.1) is 6.92 Å². The van der Waals surface area contributed by atoms with Crippen LogP contribution in [0.2, 0.25) is 0 Å². The van der Waals surface area contributed by atoms with Crippen molar-refractivity contribution in [2.45, 2.75) is 32.9 Å². The summed E-state index contributed by atoms with van der Waals surface area (Å²) in [5.41, 5.74) is 2.12. The van der Waals surface area contributed by atoms with Gasteiger partial charge in [-0.3, -0.25) is 0 Å². The Morgan fingerprint density at radius 2 is 2.05 bits per heavy atom. The number of benzene rings is 1. The summed E-state index contributed by atoms with van der Waals surface area (Å²) < 4.78 is 5.21. The summed E-state index contributed by atoms with van der Waals surface area (Å²) in [6.45, 7) is 4.50. The maximum atomic E-state index is 10.9. The van der Waals surface area contributed by atoms with Crippen molar-refractivity contribution in [2.75, 3.05) is 0 Å². The molecule has 0 bridgehead atoms. The maximum Gasteiger partial charge on any atom is 0.371 e. The SMILES string of the molecule is CCC(NCc1cc(C(=O)O)oc1C)c1ccccc1. The number of rotatable bonds is 6. The molecule has 2 aromatic rings. The van der Waals surface area contributed by atoms with E-state index in [4.69, 9.17) is 9.52 Å². The predicted molar refractivity (Wildman–Crippen MR) is 76.7 cm³/mol. The van der Waals surface area contributed by atoms with Gasteiger partial charge in [-0.15, -0.1) is 0 Å². The second-order valence-electron chi connectivity index (χ2n) is 4.75. The Labute approximate surface area is 118 Å². The number of hydrogen-bond acceptors (Lipinski definition) is 3. The summed E-state index contributed by atoms with van der Waals surface area (Å²) in [7, 11) is 0. The zero-order chi connectivity index (χ0) is 14.5. The molecular weight excluding hydrogens is 254 g/mol. The van der Waals surface area contributed by atoms with E-state index in [0.717, 1.165) is 12.0 Å². The first-order chi connectivity index (χ1) is 9.61. The van der Waals surface area contributed by atoms with Crippen LogP contribution in [0.15, 0.2) is 40.8 Å². The van der Waals surface area contributed by atoms with Crippen LogP contribution in [0.4, 0.5) is 0 Å². The molecular formula is C16H19NO3. The first-order valence-electron chi connectivity index (χ1n) is 6.72. The fourth-order valence-corrected chi connectivity index (χ4v) is 2.22. The van der Waals surface area contributed by atoms with E-state index in [-0.39, 0.29) is 11.8 Å². The molecule has 0 saturated heterocycles. The molecule has 20 heavy (non-hydrogen) atoms. The summed E-state index contributed by atoms with van der Waals surface area (Å²) in [5, 5.41) is 12.4. The molecule has 0 aliphatic rings. The van der Waals surface area contributed by atoms with Gasteiger partial charge in [0.2, 0.25) is 5.76 Å². The Bertz CT molecular complexity index is 575. The van der Waals surface area contributed by atoms with Crippen molar-refractivity contribution >= 4 is 5.97 Å². The number of aromatic carboxylic acids is 1. The van der Waals surface area contributed by atoms with Crippen LogP contribution in [0.1, 0.15) is 46.8 Å². The van der Waals surface area contributed by atoms with Gasteiger partial charge in [0.25, 0.3) is 0 Å². The minimum absolute atomic E-state index is 0.00735. The van der Waals surface area contributed by atoms with E-state index in [0.29, 0.717) is 12.3 Å². The third-order valence-electron chi connectivity index (χ3n) is 3.38. The average Bonchev–Trinajstić information content (AvgIpc) is 2.82. The van der Waals surface area contributed by atoms with Crippen LogP contribution in [0.3, 0.4) is 0 Å². The highest BCUT2D eigenvalue weighted by Gasteiger charge is 2.14. The van der Waals surface area contributed by atoms with E-state index in [1.165, 1.54) is 5.56 Å². The van der Waals surface area contributed by atoms with E-state index in [9.17, 15) is 4.79 Å². The third kappa shape index (κ3) is 3.27. The van der Waals surface area contributed by atoms with Crippen molar-refractivity contribution in [1.82, 2.24) is 5.32 Å². The molecule has 0 amide bonds. The van der Waals surface area contributed by atoms with Crippen molar-refractivity contribution in [3.05, 3.63) is 59.0 Å². The number of carboxylic acids is 1. The highest BCUT2D eigenvalue weighted by molar-refractivity contribution is 5.84.